The molecule has 0 radical (unpaired) electrons. The third-order valence-corrected chi connectivity index (χ3v) is 5.47. The molecule has 1 aliphatic carbocycles. The van der Waals surface area contributed by atoms with Crippen LogP contribution in [-0.4, -0.2) is 11.1 Å². The van der Waals surface area contributed by atoms with Crippen LogP contribution >= 0.6 is 0 Å². The summed E-state index contributed by atoms with van der Waals surface area (Å²) in [6.07, 6.45) is 6.41. The standard InChI is InChI=1S/C22H26N2/c23-15-7-11-18-10-6-13-20-19-12-4-5-14-21(19)24(22(18)20)16-17-8-2-1-3-9-17/h1-5,8-9,12,14,18H,6-7,10-11,13,15-16,23H2/p+1/t18-/m1/s1. The SMILES string of the molecule is [NH3+]CCC[C@H]1CCCc2c1n(Cc1ccccc1)c1ccccc21. The molecule has 0 aliphatic heterocycles. The van der Waals surface area contributed by atoms with E-state index >= 15 is 0 Å². The van der Waals surface area contributed by atoms with E-state index < -0.39 is 0 Å². The molecule has 2 aromatic carbocycles. The molecule has 124 valence electrons. The van der Waals surface area contributed by atoms with Gasteiger partial charge in [-0.25, -0.2) is 0 Å². The number of benzene rings is 2. The van der Waals surface area contributed by atoms with Gasteiger partial charge in [-0.15, -0.1) is 0 Å². The Morgan fingerprint density at radius 2 is 1.79 bits per heavy atom. The van der Waals surface area contributed by atoms with Crippen molar-refractivity contribution in [3.63, 3.8) is 0 Å². The largest absolute Gasteiger partial charge is 0.358 e. The van der Waals surface area contributed by atoms with E-state index in [1.807, 2.05) is 0 Å². The van der Waals surface area contributed by atoms with Crippen LogP contribution in [0.5, 0.6) is 0 Å². The molecule has 1 atom stereocenters. The highest BCUT2D eigenvalue weighted by molar-refractivity contribution is 5.86. The van der Waals surface area contributed by atoms with Gasteiger partial charge in [0.1, 0.15) is 0 Å². The fourth-order valence-electron chi connectivity index (χ4n) is 4.39. The number of quaternary nitrogens is 1. The molecule has 2 heteroatoms. The van der Waals surface area contributed by atoms with Crippen LogP contribution in [-0.2, 0) is 13.0 Å². The molecule has 0 saturated heterocycles. The molecule has 2 nitrogen and oxygen atoms in total. The molecule has 0 unspecified atom stereocenters. The summed E-state index contributed by atoms with van der Waals surface area (Å²) >= 11 is 0. The minimum atomic E-state index is 0.701. The Hall–Kier alpha value is -2.06. The fraction of sp³-hybridized carbons (Fsp3) is 0.364. The number of hydrogen-bond donors (Lipinski definition) is 1. The Bertz CT molecular complexity index is 817. The molecule has 0 fully saturated rings. The van der Waals surface area contributed by atoms with Crippen molar-refractivity contribution in [2.75, 3.05) is 6.54 Å². The summed E-state index contributed by atoms with van der Waals surface area (Å²) in [7, 11) is 0. The van der Waals surface area contributed by atoms with Crippen molar-refractivity contribution in [2.24, 2.45) is 0 Å². The molecular weight excluding hydrogens is 292 g/mol. The normalized spacial score (nSPS) is 17.1. The first-order valence-electron chi connectivity index (χ1n) is 9.31. The van der Waals surface area contributed by atoms with Crippen LogP contribution in [0.3, 0.4) is 0 Å². The van der Waals surface area contributed by atoms with Gasteiger partial charge in [-0.2, -0.15) is 0 Å². The Labute approximate surface area is 144 Å². The second-order valence-electron chi connectivity index (χ2n) is 7.04. The van der Waals surface area contributed by atoms with Crippen LogP contribution in [0.15, 0.2) is 54.6 Å². The van der Waals surface area contributed by atoms with Gasteiger partial charge in [0, 0.05) is 23.1 Å². The summed E-state index contributed by atoms with van der Waals surface area (Å²) in [6, 6.07) is 19.9. The Morgan fingerprint density at radius 1 is 1.00 bits per heavy atom. The lowest BCUT2D eigenvalue weighted by molar-refractivity contribution is -0.368. The lowest BCUT2D eigenvalue weighted by Crippen LogP contribution is -2.50. The van der Waals surface area contributed by atoms with Gasteiger partial charge in [-0.3, -0.25) is 0 Å². The van der Waals surface area contributed by atoms with Crippen molar-refractivity contribution in [3.05, 3.63) is 71.4 Å². The number of para-hydroxylation sites is 1. The van der Waals surface area contributed by atoms with E-state index in [1.54, 1.807) is 11.3 Å². The number of nitrogens with zero attached hydrogens (tertiary/aromatic N) is 1. The Balaban J connectivity index is 1.84. The van der Waals surface area contributed by atoms with Gasteiger partial charge in [0.2, 0.25) is 0 Å². The van der Waals surface area contributed by atoms with E-state index in [0.29, 0.717) is 5.92 Å². The first-order valence-corrected chi connectivity index (χ1v) is 9.31. The van der Waals surface area contributed by atoms with Crippen LogP contribution in [0.2, 0.25) is 0 Å². The van der Waals surface area contributed by atoms with E-state index in [4.69, 9.17) is 0 Å². The van der Waals surface area contributed by atoms with Gasteiger partial charge in [-0.1, -0.05) is 48.5 Å². The number of fused-ring (bicyclic) bond motifs is 3. The molecule has 0 saturated carbocycles. The van der Waals surface area contributed by atoms with Crippen molar-refractivity contribution in [3.8, 4) is 0 Å². The predicted octanol–water partition coefficient (Wildman–Crippen LogP) is 4.13. The third-order valence-electron chi connectivity index (χ3n) is 5.47. The van der Waals surface area contributed by atoms with Crippen LogP contribution < -0.4 is 5.73 Å². The van der Waals surface area contributed by atoms with Gasteiger partial charge < -0.3 is 10.3 Å². The molecule has 24 heavy (non-hydrogen) atoms. The Morgan fingerprint density at radius 3 is 2.62 bits per heavy atom. The number of hydrogen-bond acceptors (Lipinski definition) is 0. The molecule has 0 spiro atoms. The zero-order valence-corrected chi connectivity index (χ0v) is 14.4. The number of aromatic nitrogens is 1. The van der Waals surface area contributed by atoms with Crippen molar-refractivity contribution in [1.82, 2.24) is 4.57 Å². The molecular formula is C22H27N2+. The highest BCUT2D eigenvalue weighted by atomic mass is 15.0. The molecule has 0 amide bonds. The monoisotopic (exact) mass is 319 g/mol. The van der Waals surface area contributed by atoms with E-state index in [1.165, 1.54) is 48.6 Å². The summed E-state index contributed by atoms with van der Waals surface area (Å²) in [5.41, 5.74) is 10.1. The first-order chi connectivity index (χ1) is 11.9. The highest BCUT2D eigenvalue weighted by Crippen LogP contribution is 2.40. The minimum absolute atomic E-state index is 0.701. The average Bonchev–Trinajstić information content (AvgIpc) is 2.96. The van der Waals surface area contributed by atoms with Crippen molar-refractivity contribution in [2.45, 2.75) is 44.6 Å². The van der Waals surface area contributed by atoms with E-state index in [-0.39, 0.29) is 0 Å². The van der Waals surface area contributed by atoms with Gasteiger partial charge in [0.05, 0.1) is 6.54 Å². The maximum Gasteiger partial charge on any atom is 0.0740 e. The second kappa shape index (κ2) is 6.82. The maximum absolute atomic E-state index is 4.05. The van der Waals surface area contributed by atoms with E-state index in [0.717, 1.165) is 13.1 Å². The number of aryl methyl sites for hydroxylation is 1. The topological polar surface area (TPSA) is 32.6 Å². The maximum atomic E-state index is 4.05. The zero-order chi connectivity index (χ0) is 16.4. The first kappa shape index (κ1) is 15.5. The summed E-state index contributed by atoms with van der Waals surface area (Å²) in [5.74, 6) is 0.701. The molecule has 1 aromatic heterocycles. The molecule has 3 aromatic rings. The average molecular weight is 319 g/mol. The van der Waals surface area contributed by atoms with Crippen molar-refractivity contribution in [1.29, 1.82) is 0 Å². The smallest absolute Gasteiger partial charge is 0.0740 e. The molecule has 1 heterocycles. The lowest BCUT2D eigenvalue weighted by atomic mass is 9.84. The van der Waals surface area contributed by atoms with Crippen molar-refractivity contribution >= 4 is 10.9 Å². The molecule has 0 bridgehead atoms. The third kappa shape index (κ3) is 2.76. The molecule has 3 N–H and O–H groups in total. The van der Waals surface area contributed by atoms with E-state index in [2.05, 4.69) is 64.9 Å². The summed E-state index contributed by atoms with van der Waals surface area (Å²) < 4.78 is 2.60. The summed E-state index contributed by atoms with van der Waals surface area (Å²) in [6.45, 7) is 2.03. The van der Waals surface area contributed by atoms with Crippen LogP contribution in [0.1, 0.15) is 48.4 Å². The molecule has 4 rings (SSSR count). The number of rotatable bonds is 5. The van der Waals surface area contributed by atoms with Gasteiger partial charge in [-0.05, 0) is 55.2 Å². The van der Waals surface area contributed by atoms with Gasteiger partial charge in [0.25, 0.3) is 0 Å². The minimum Gasteiger partial charge on any atom is -0.358 e. The quantitative estimate of drug-likeness (QED) is 0.733. The van der Waals surface area contributed by atoms with Crippen LogP contribution in [0.4, 0.5) is 0 Å². The van der Waals surface area contributed by atoms with Crippen LogP contribution in [0, 0.1) is 0 Å². The second-order valence-corrected chi connectivity index (χ2v) is 7.04. The fourth-order valence-corrected chi connectivity index (χ4v) is 4.39. The molecule has 1 aliphatic rings. The predicted molar refractivity (Wildman–Crippen MR) is 100 cm³/mol. The van der Waals surface area contributed by atoms with Crippen LogP contribution in [0.25, 0.3) is 10.9 Å². The van der Waals surface area contributed by atoms with E-state index in [9.17, 15) is 0 Å². The Kier molecular flexibility index (Phi) is 4.40. The highest BCUT2D eigenvalue weighted by Gasteiger charge is 2.27. The lowest BCUT2D eigenvalue weighted by Gasteiger charge is -2.25. The van der Waals surface area contributed by atoms with Gasteiger partial charge >= 0.3 is 0 Å². The van der Waals surface area contributed by atoms with Crippen molar-refractivity contribution < 1.29 is 5.73 Å². The summed E-state index contributed by atoms with van der Waals surface area (Å²) in [5, 5.41) is 1.47. The summed E-state index contributed by atoms with van der Waals surface area (Å²) in [4.78, 5) is 0. The zero-order valence-electron chi connectivity index (χ0n) is 14.4. The van der Waals surface area contributed by atoms with Gasteiger partial charge in [0.15, 0.2) is 0 Å².